The number of rotatable bonds is 4. The highest BCUT2D eigenvalue weighted by atomic mass is 16.1. The first-order valence-corrected chi connectivity index (χ1v) is 6.44. The summed E-state index contributed by atoms with van der Waals surface area (Å²) in [5, 5.41) is 3.48. The lowest BCUT2D eigenvalue weighted by Gasteiger charge is -2.24. The van der Waals surface area contributed by atoms with Crippen LogP contribution in [0.15, 0.2) is 24.3 Å². The van der Waals surface area contributed by atoms with E-state index in [1.807, 2.05) is 24.3 Å². The van der Waals surface area contributed by atoms with E-state index in [9.17, 15) is 4.79 Å². The van der Waals surface area contributed by atoms with E-state index in [1.165, 1.54) is 25.7 Å². The Morgan fingerprint density at radius 1 is 1.24 bits per heavy atom. The quantitative estimate of drug-likeness (QED) is 0.797. The minimum absolute atomic E-state index is 0.124. The first-order chi connectivity index (χ1) is 8.09. The van der Waals surface area contributed by atoms with Crippen LogP contribution in [0.4, 0.5) is 5.69 Å². The molecular formula is C15H21NO. The van der Waals surface area contributed by atoms with Gasteiger partial charge in [0.15, 0.2) is 5.78 Å². The molecule has 2 heteroatoms. The predicted octanol–water partition coefficient (Wildman–Crippen LogP) is 3.88. The average Bonchev–Trinajstić information content (AvgIpc) is 2.75. The third kappa shape index (κ3) is 3.09. The third-order valence-electron chi connectivity index (χ3n) is 3.82. The number of hydrogen-bond acceptors (Lipinski definition) is 2. The number of carbonyl (C=O) groups excluding carboxylic acids is 1. The van der Waals surface area contributed by atoms with E-state index >= 15 is 0 Å². The highest BCUT2D eigenvalue weighted by Crippen LogP contribution is 2.37. The molecular weight excluding hydrogens is 210 g/mol. The van der Waals surface area contributed by atoms with Crippen LogP contribution in [0.3, 0.4) is 0 Å². The van der Waals surface area contributed by atoms with Crippen molar-refractivity contribution in [3.63, 3.8) is 0 Å². The second kappa shape index (κ2) is 4.91. The molecule has 1 aliphatic rings. The minimum Gasteiger partial charge on any atom is -0.384 e. The highest BCUT2D eigenvalue weighted by molar-refractivity contribution is 5.94. The van der Waals surface area contributed by atoms with Crippen LogP contribution < -0.4 is 5.32 Å². The molecule has 1 aromatic carbocycles. The molecule has 0 radical (unpaired) electrons. The topological polar surface area (TPSA) is 29.1 Å². The van der Waals surface area contributed by atoms with Gasteiger partial charge in [0.1, 0.15) is 0 Å². The molecule has 1 N–H and O–H groups in total. The van der Waals surface area contributed by atoms with Crippen molar-refractivity contribution in [2.45, 2.75) is 39.5 Å². The van der Waals surface area contributed by atoms with E-state index in [-0.39, 0.29) is 5.78 Å². The van der Waals surface area contributed by atoms with Crippen molar-refractivity contribution in [1.29, 1.82) is 0 Å². The van der Waals surface area contributed by atoms with Gasteiger partial charge < -0.3 is 5.32 Å². The number of ketones is 1. The minimum atomic E-state index is 0.124. The SMILES string of the molecule is CC(=O)c1ccc(NCC2(C)CCCC2)cc1. The monoisotopic (exact) mass is 231 g/mol. The van der Waals surface area contributed by atoms with Gasteiger partial charge in [-0.25, -0.2) is 0 Å². The van der Waals surface area contributed by atoms with E-state index < -0.39 is 0 Å². The molecule has 92 valence electrons. The van der Waals surface area contributed by atoms with Crippen LogP contribution >= 0.6 is 0 Å². The van der Waals surface area contributed by atoms with E-state index in [0.29, 0.717) is 5.41 Å². The van der Waals surface area contributed by atoms with Gasteiger partial charge in [-0.2, -0.15) is 0 Å². The van der Waals surface area contributed by atoms with Gasteiger partial charge in [-0.3, -0.25) is 4.79 Å². The maximum absolute atomic E-state index is 11.2. The molecule has 1 fully saturated rings. The van der Waals surface area contributed by atoms with Crippen molar-refractivity contribution in [2.75, 3.05) is 11.9 Å². The fourth-order valence-electron chi connectivity index (χ4n) is 2.54. The molecule has 0 aliphatic heterocycles. The van der Waals surface area contributed by atoms with E-state index in [2.05, 4.69) is 12.2 Å². The first kappa shape index (κ1) is 12.2. The number of Topliss-reactive ketones (excluding diaryl/α,β-unsaturated/α-hetero) is 1. The maximum atomic E-state index is 11.2. The van der Waals surface area contributed by atoms with E-state index in [4.69, 9.17) is 0 Å². The molecule has 1 aromatic rings. The zero-order chi connectivity index (χ0) is 12.3. The molecule has 0 saturated heterocycles. The van der Waals surface area contributed by atoms with Gasteiger partial charge >= 0.3 is 0 Å². The summed E-state index contributed by atoms with van der Waals surface area (Å²) in [5.41, 5.74) is 2.35. The van der Waals surface area contributed by atoms with Crippen LogP contribution in [-0.4, -0.2) is 12.3 Å². The van der Waals surface area contributed by atoms with Crippen molar-refractivity contribution in [3.05, 3.63) is 29.8 Å². The lowest BCUT2D eigenvalue weighted by atomic mass is 9.89. The van der Waals surface area contributed by atoms with Crippen LogP contribution in [0.1, 0.15) is 49.9 Å². The second-order valence-electron chi connectivity index (χ2n) is 5.50. The Labute approximate surface area is 103 Å². The fourth-order valence-corrected chi connectivity index (χ4v) is 2.54. The number of hydrogen-bond donors (Lipinski definition) is 1. The summed E-state index contributed by atoms with van der Waals surface area (Å²) < 4.78 is 0. The van der Waals surface area contributed by atoms with Crippen molar-refractivity contribution in [3.8, 4) is 0 Å². The molecule has 1 saturated carbocycles. The Morgan fingerprint density at radius 3 is 2.35 bits per heavy atom. The van der Waals surface area contributed by atoms with Gasteiger partial charge in [0.25, 0.3) is 0 Å². The van der Waals surface area contributed by atoms with Crippen LogP contribution in [-0.2, 0) is 0 Å². The summed E-state index contributed by atoms with van der Waals surface area (Å²) in [7, 11) is 0. The number of carbonyl (C=O) groups is 1. The fraction of sp³-hybridized carbons (Fsp3) is 0.533. The number of anilines is 1. The van der Waals surface area contributed by atoms with Gasteiger partial charge in [0, 0.05) is 17.8 Å². The van der Waals surface area contributed by atoms with Gasteiger partial charge in [-0.15, -0.1) is 0 Å². The van der Waals surface area contributed by atoms with Crippen LogP contribution in [0.5, 0.6) is 0 Å². The molecule has 0 amide bonds. The van der Waals surface area contributed by atoms with Gasteiger partial charge in [0.2, 0.25) is 0 Å². The normalized spacial score (nSPS) is 18.0. The number of nitrogens with one attached hydrogen (secondary N) is 1. The third-order valence-corrected chi connectivity index (χ3v) is 3.82. The molecule has 2 nitrogen and oxygen atoms in total. The zero-order valence-electron chi connectivity index (χ0n) is 10.8. The first-order valence-electron chi connectivity index (χ1n) is 6.44. The smallest absolute Gasteiger partial charge is 0.159 e. The molecule has 0 unspecified atom stereocenters. The Kier molecular flexibility index (Phi) is 3.51. The molecule has 0 aromatic heterocycles. The Morgan fingerprint density at radius 2 is 1.82 bits per heavy atom. The number of benzene rings is 1. The molecule has 0 heterocycles. The molecule has 0 atom stereocenters. The summed E-state index contributed by atoms with van der Waals surface area (Å²) in [4.78, 5) is 11.2. The van der Waals surface area contributed by atoms with Crippen LogP contribution in [0.25, 0.3) is 0 Å². The van der Waals surface area contributed by atoms with Crippen LogP contribution in [0, 0.1) is 5.41 Å². The molecule has 0 spiro atoms. The van der Waals surface area contributed by atoms with Crippen LogP contribution in [0.2, 0.25) is 0 Å². The van der Waals surface area contributed by atoms with Gasteiger partial charge in [0.05, 0.1) is 0 Å². The predicted molar refractivity (Wildman–Crippen MR) is 71.5 cm³/mol. The lowest BCUT2D eigenvalue weighted by molar-refractivity contribution is 0.101. The summed E-state index contributed by atoms with van der Waals surface area (Å²) in [6.45, 7) is 4.99. The standard InChI is InChI=1S/C15H21NO/c1-12(17)13-5-7-14(8-6-13)16-11-15(2)9-3-4-10-15/h5-8,16H,3-4,9-11H2,1-2H3. The van der Waals surface area contributed by atoms with E-state index in [0.717, 1.165) is 17.8 Å². The Hall–Kier alpha value is -1.31. The summed E-state index contributed by atoms with van der Waals surface area (Å²) in [6.07, 6.45) is 5.37. The van der Waals surface area contributed by atoms with E-state index in [1.54, 1.807) is 6.92 Å². The lowest BCUT2D eigenvalue weighted by Crippen LogP contribution is -2.22. The van der Waals surface area contributed by atoms with Crippen molar-refractivity contribution >= 4 is 11.5 Å². The maximum Gasteiger partial charge on any atom is 0.159 e. The molecule has 17 heavy (non-hydrogen) atoms. The largest absolute Gasteiger partial charge is 0.384 e. The molecule has 1 aliphatic carbocycles. The zero-order valence-corrected chi connectivity index (χ0v) is 10.8. The van der Waals surface area contributed by atoms with Crippen molar-refractivity contribution in [1.82, 2.24) is 0 Å². The van der Waals surface area contributed by atoms with Gasteiger partial charge in [-0.1, -0.05) is 19.8 Å². The summed E-state index contributed by atoms with van der Waals surface area (Å²) >= 11 is 0. The van der Waals surface area contributed by atoms with Gasteiger partial charge in [-0.05, 0) is 49.4 Å². The van der Waals surface area contributed by atoms with Crippen molar-refractivity contribution in [2.24, 2.45) is 5.41 Å². The second-order valence-corrected chi connectivity index (χ2v) is 5.50. The summed E-state index contributed by atoms with van der Waals surface area (Å²) in [6, 6.07) is 7.77. The summed E-state index contributed by atoms with van der Waals surface area (Å²) in [5.74, 6) is 0.124. The van der Waals surface area contributed by atoms with Crippen molar-refractivity contribution < 1.29 is 4.79 Å². The Balaban J connectivity index is 1.93. The highest BCUT2D eigenvalue weighted by Gasteiger charge is 2.28. The molecule has 2 rings (SSSR count). The Bertz CT molecular complexity index is 388. The molecule has 0 bridgehead atoms. The average molecular weight is 231 g/mol.